The zero-order valence-electron chi connectivity index (χ0n) is 10.2. The van der Waals surface area contributed by atoms with Crippen LogP contribution < -0.4 is 0 Å². The van der Waals surface area contributed by atoms with Gasteiger partial charge in [-0.05, 0) is 30.2 Å². The summed E-state index contributed by atoms with van der Waals surface area (Å²) >= 11 is 0. The molecule has 0 aliphatic rings. The molecule has 0 fully saturated rings. The largest absolute Gasteiger partial charge is 0.417 e. The molecular formula is C15H11F3O. The van der Waals surface area contributed by atoms with Gasteiger partial charge >= 0.3 is 6.18 Å². The molecule has 19 heavy (non-hydrogen) atoms. The molecule has 0 bridgehead atoms. The maximum Gasteiger partial charge on any atom is 0.417 e. The first-order valence-electron chi connectivity index (χ1n) is 5.66. The van der Waals surface area contributed by atoms with Crippen LogP contribution in [0.5, 0.6) is 0 Å². The third-order valence-electron chi connectivity index (χ3n) is 2.86. The number of halogens is 3. The van der Waals surface area contributed by atoms with Crippen molar-refractivity contribution in [3.63, 3.8) is 0 Å². The van der Waals surface area contributed by atoms with Crippen molar-refractivity contribution in [1.29, 1.82) is 0 Å². The minimum absolute atomic E-state index is 0.0251. The second-order valence-corrected chi connectivity index (χ2v) is 4.25. The molecular weight excluding hydrogens is 253 g/mol. The van der Waals surface area contributed by atoms with E-state index in [-0.39, 0.29) is 11.1 Å². The Morgan fingerprint density at radius 1 is 1.00 bits per heavy atom. The third kappa shape index (κ3) is 2.67. The Hall–Kier alpha value is -2.10. The van der Waals surface area contributed by atoms with Crippen molar-refractivity contribution in [2.45, 2.75) is 13.1 Å². The second-order valence-electron chi connectivity index (χ2n) is 4.25. The van der Waals surface area contributed by atoms with E-state index >= 15 is 0 Å². The minimum atomic E-state index is -4.44. The van der Waals surface area contributed by atoms with Crippen molar-refractivity contribution in [2.24, 2.45) is 0 Å². The summed E-state index contributed by atoms with van der Waals surface area (Å²) in [6.07, 6.45) is -3.86. The molecule has 0 saturated heterocycles. The Bertz CT molecular complexity index is 615. The van der Waals surface area contributed by atoms with Crippen LogP contribution in [0, 0.1) is 6.92 Å². The van der Waals surface area contributed by atoms with Crippen LogP contribution in [0.1, 0.15) is 21.5 Å². The highest BCUT2D eigenvalue weighted by Gasteiger charge is 2.33. The number of carbonyl (C=O) groups is 1. The summed E-state index contributed by atoms with van der Waals surface area (Å²) in [6.45, 7) is 1.78. The number of aldehydes is 1. The first-order chi connectivity index (χ1) is 8.93. The lowest BCUT2D eigenvalue weighted by molar-refractivity contribution is -0.137. The van der Waals surface area contributed by atoms with E-state index in [1.165, 1.54) is 18.2 Å². The smallest absolute Gasteiger partial charge is 0.298 e. The fourth-order valence-corrected chi connectivity index (χ4v) is 1.99. The van der Waals surface area contributed by atoms with Crippen LogP contribution in [0.4, 0.5) is 13.2 Å². The van der Waals surface area contributed by atoms with Crippen LogP contribution >= 0.6 is 0 Å². The molecule has 0 N–H and O–H groups in total. The van der Waals surface area contributed by atoms with E-state index < -0.39 is 11.7 Å². The summed E-state index contributed by atoms with van der Waals surface area (Å²) in [5.74, 6) is 0. The molecule has 1 nitrogen and oxygen atoms in total. The SMILES string of the molecule is Cc1ccc(-c2ccccc2C(F)(F)F)c(C=O)c1. The first kappa shape index (κ1) is 13.3. The molecule has 2 aromatic carbocycles. The highest BCUT2D eigenvalue weighted by Crippen LogP contribution is 2.37. The number of hydrogen-bond acceptors (Lipinski definition) is 1. The van der Waals surface area contributed by atoms with Gasteiger partial charge in [-0.25, -0.2) is 0 Å². The fourth-order valence-electron chi connectivity index (χ4n) is 1.99. The van der Waals surface area contributed by atoms with Crippen LogP contribution in [0.15, 0.2) is 42.5 Å². The van der Waals surface area contributed by atoms with Crippen molar-refractivity contribution in [3.8, 4) is 11.1 Å². The van der Waals surface area contributed by atoms with E-state index in [9.17, 15) is 18.0 Å². The number of rotatable bonds is 2. The molecule has 0 spiro atoms. The highest BCUT2D eigenvalue weighted by molar-refractivity contribution is 5.88. The van der Waals surface area contributed by atoms with Gasteiger partial charge in [0.1, 0.15) is 0 Å². The number of aryl methyl sites for hydroxylation is 1. The van der Waals surface area contributed by atoms with Crippen LogP contribution in [-0.4, -0.2) is 6.29 Å². The summed E-state index contributed by atoms with van der Waals surface area (Å²) in [4.78, 5) is 11.0. The van der Waals surface area contributed by atoms with Crippen molar-refractivity contribution in [1.82, 2.24) is 0 Å². The lowest BCUT2D eigenvalue weighted by Gasteiger charge is -2.14. The topological polar surface area (TPSA) is 17.1 Å². The van der Waals surface area contributed by atoms with E-state index in [4.69, 9.17) is 0 Å². The fraction of sp³-hybridized carbons (Fsp3) is 0.133. The van der Waals surface area contributed by atoms with E-state index in [1.807, 2.05) is 0 Å². The summed E-state index contributed by atoms with van der Waals surface area (Å²) < 4.78 is 38.9. The van der Waals surface area contributed by atoms with Gasteiger partial charge in [-0.2, -0.15) is 13.2 Å². The monoisotopic (exact) mass is 264 g/mol. The predicted molar refractivity (Wildman–Crippen MR) is 67.0 cm³/mol. The van der Waals surface area contributed by atoms with Gasteiger partial charge in [-0.15, -0.1) is 0 Å². The Morgan fingerprint density at radius 3 is 2.32 bits per heavy atom. The maximum atomic E-state index is 13.0. The summed E-state index contributed by atoms with van der Waals surface area (Å²) in [6, 6.07) is 10.1. The molecule has 2 aromatic rings. The predicted octanol–water partition coefficient (Wildman–Crippen LogP) is 4.49. The van der Waals surface area contributed by atoms with E-state index in [1.54, 1.807) is 25.1 Å². The number of benzene rings is 2. The molecule has 4 heteroatoms. The van der Waals surface area contributed by atoms with Crippen LogP contribution in [0.2, 0.25) is 0 Å². The molecule has 0 heterocycles. The average molecular weight is 264 g/mol. The second kappa shape index (κ2) is 4.88. The zero-order valence-corrected chi connectivity index (χ0v) is 10.2. The number of hydrogen-bond donors (Lipinski definition) is 0. The van der Waals surface area contributed by atoms with E-state index in [2.05, 4.69) is 0 Å². The van der Waals surface area contributed by atoms with Gasteiger partial charge in [0.2, 0.25) is 0 Å². The van der Waals surface area contributed by atoms with E-state index in [0.717, 1.165) is 11.6 Å². The maximum absolute atomic E-state index is 13.0. The van der Waals surface area contributed by atoms with Gasteiger partial charge in [0.25, 0.3) is 0 Å². The minimum Gasteiger partial charge on any atom is -0.298 e. The summed E-state index contributed by atoms with van der Waals surface area (Å²) in [5.41, 5.74) is 0.680. The van der Waals surface area contributed by atoms with Gasteiger partial charge in [0, 0.05) is 5.56 Å². The molecule has 98 valence electrons. The van der Waals surface area contributed by atoms with E-state index in [0.29, 0.717) is 11.8 Å². The quantitative estimate of drug-likeness (QED) is 0.730. The normalized spacial score (nSPS) is 11.4. The third-order valence-corrected chi connectivity index (χ3v) is 2.86. The summed E-state index contributed by atoms with van der Waals surface area (Å²) in [5, 5.41) is 0. The number of carbonyl (C=O) groups excluding carboxylic acids is 1. The van der Waals surface area contributed by atoms with Crippen molar-refractivity contribution >= 4 is 6.29 Å². The van der Waals surface area contributed by atoms with Gasteiger partial charge in [-0.3, -0.25) is 4.79 Å². The first-order valence-corrected chi connectivity index (χ1v) is 5.66. The summed E-state index contributed by atoms with van der Waals surface area (Å²) in [7, 11) is 0. The van der Waals surface area contributed by atoms with Crippen LogP contribution in [0.3, 0.4) is 0 Å². The molecule has 0 radical (unpaired) electrons. The molecule has 0 unspecified atom stereocenters. The molecule has 0 atom stereocenters. The lowest BCUT2D eigenvalue weighted by atomic mass is 9.94. The molecule has 0 aromatic heterocycles. The highest BCUT2D eigenvalue weighted by atomic mass is 19.4. The van der Waals surface area contributed by atoms with Gasteiger partial charge in [0.05, 0.1) is 5.56 Å². The van der Waals surface area contributed by atoms with Crippen LogP contribution in [0.25, 0.3) is 11.1 Å². The van der Waals surface area contributed by atoms with Gasteiger partial charge in [0.15, 0.2) is 6.29 Å². The number of alkyl halides is 3. The van der Waals surface area contributed by atoms with Crippen LogP contribution in [-0.2, 0) is 6.18 Å². The van der Waals surface area contributed by atoms with Gasteiger partial charge < -0.3 is 0 Å². The van der Waals surface area contributed by atoms with Crippen molar-refractivity contribution < 1.29 is 18.0 Å². The Balaban J connectivity index is 2.69. The Kier molecular flexibility index (Phi) is 3.42. The molecule has 0 aliphatic carbocycles. The Labute approximate surface area is 108 Å². The standard InChI is InChI=1S/C15H11F3O/c1-10-6-7-12(11(8-10)9-19)13-4-2-3-5-14(13)15(16,17)18/h2-9H,1H3. The molecule has 0 aliphatic heterocycles. The lowest BCUT2D eigenvalue weighted by Crippen LogP contribution is -2.07. The Morgan fingerprint density at radius 2 is 1.68 bits per heavy atom. The molecule has 0 saturated carbocycles. The zero-order chi connectivity index (χ0) is 14.0. The molecule has 2 rings (SSSR count). The average Bonchev–Trinajstić information content (AvgIpc) is 2.37. The van der Waals surface area contributed by atoms with Gasteiger partial charge in [-0.1, -0.05) is 35.9 Å². The molecule has 0 amide bonds. The van der Waals surface area contributed by atoms with Crippen molar-refractivity contribution in [2.75, 3.05) is 0 Å². The van der Waals surface area contributed by atoms with Crippen molar-refractivity contribution in [3.05, 3.63) is 59.2 Å².